The van der Waals surface area contributed by atoms with Gasteiger partial charge in [-0.1, -0.05) is 0 Å². The van der Waals surface area contributed by atoms with Crippen LogP contribution in [0.5, 0.6) is 5.88 Å². The Bertz CT molecular complexity index is 639. The maximum absolute atomic E-state index is 12.0. The third kappa shape index (κ3) is 4.23. The van der Waals surface area contributed by atoms with Crippen LogP contribution in [0.1, 0.15) is 25.7 Å². The Kier molecular flexibility index (Phi) is 5.63. The molecule has 0 spiro atoms. The number of aromatic nitrogens is 4. The first-order valence-electron chi connectivity index (χ1n) is 8.10. The summed E-state index contributed by atoms with van der Waals surface area (Å²) < 4.78 is 7.52. The van der Waals surface area contributed by atoms with Gasteiger partial charge >= 0.3 is 0 Å². The summed E-state index contributed by atoms with van der Waals surface area (Å²) in [5.41, 5.74) is 0. The van der Waals surface area contributed by atoms with E-state index in [0.29, 0.717) is 37.1 Å². The van der Waals surface area contributed by atoms with E-state index in [-0.39, 0.29) is 12.0 Å². The molecule has 0 unspecified atom stereocenters. The second-order valence-electron chi connectivity index (χ2n) is 5.67. The number of nitrogens with zero attached hydrogens (tertiary/aromatic N) is 5. The van der Waals surface area contributed by atoms with E-state index in [0.717, 1.165) is 19.3 Å². The summed E-state index contributed by atoms with van der Waals surface area (Å²) in [4.78, 5) is 13.9. The summed E-state index contributed by atoms with van der Waals surface area (Å²) in [7, 11) is 0. The predicted molar refractivity (Wildman–Crippen MR) is 89.3 cm³/mol. The quantitative estimate of drug-likeness (QED) is 0.746. The first-order valence-corrected chi connectivity index (χ1v) is 8.64. The smallest absolute Gasteiger partial charge is 0.233 e. The number of halogens is 1. The van der Waals surface area contributed by atoms with Crippen molar-refractivity contribution in [3.63, 3.8) is 0 Å². The van der Waals surface area contributed by atoms with Crippen molar-refractivity contribution in [2.24, 2.45) is 0 Å². The van der Waals surface area contributed by atoms with Gasteiger partial charge in [0.1, 0.15) is 6.10 Å². The number of hydrogen-bond donors (Lipinski definition) is 0. The molecule has 0 saturated carbocycles. The van der Waals surface area contributed by atoms with Crippen LogP contribution in [0, 0.1) is 0 Å². The van der Waals surface area contributed by atoms with Crippen molar-refractivity contribution < 1.29 is 9.53 Å². The molecule has 2 aromatic rings. The van der Waals surface area contributed by atoms with Gasteiger partial charge in [0.05, 0.1) is 0 Å². The number of carbonyl (C=O) groups excluding carboxylic acids is 1. The van der Waals surface area contributed by atoms with E-state index in [2.05, 4.69) is 15.3 Å². The van der Waals surface area contributed by atoms with Crippen molar-refractivity contribution in [1.29, 1.82) is 0 Å². The molecule has 0 bridgehead atoms. The molecule has 1 saturated heterocycles. The molecule has 24 heavy (non-hydrogen) atoms. The average Bonchev–Trinajstić information content (AvgIpc) is 3.15. The Labute approximate surface area is 145 Å². The third-order valence-electron chi connectivity index (χ3n) is 3.97. The lowest BCUT2D eigenvalue weighted by molar-refractivity contribution is -0.133. The Morgan fingerprint density at radius 1 is 1.29 bits per heavy atom. The Morgan fingerprint density at radius 2 is 2.12 bits per heavy atom. The molecule has 1 amide bonds. The van der Waals surface area contributed by atoms with Gasteiger partial charge in [0.2, 0.25) is 11.8 Å². The van der Waals surface area contributed by atoms with Crippen molar-refractivity contribution in [3.05, 3.63) is 30.6 Å². The van der Waals surface area contributed by atoms with Gasteiger partial charge < -0.3 is 9.64 Å². The summed E-state index contributed by atoms with van der Waals surface area (Å²) in [6.45, 7) is 1.43. The summed E-state index contributed by atoms with van der Waals surface area (Å²) in [5, 5.41) is 12.3. The molecule has 0 aliphatic carbocycles. The summed E-state index contributed by atoms with van der Waals surface area (Å²) >= 11 is 5.63. The molecule has 128 valence electrons. The van der Waals surface area contributed by atoms with Crippen molar-refractivity contribution >= 4 is 17.5 Å². The van der Waals surface area contributed by atoms with Crippen LogP contribution in [0.2, 0.25) is 0 Å². The Morgan fingerprint density at radius 3 is 2.75 bits per heavy atom. The number of alkyl halides is 1. The van der Waals surface area contributed by atoms with E-state index in [1.54, 1.807) is 16.9 Å². The zero-order valence-electron chi connectivity index (χ0n) is 13.3. The highest BCUT2D eigenvalue weighted by molar-refractivity contribution is 6.17. The molecule has 2 aromatic heterocycles. The Balaban J connectivity index is 1.48. The van der Waals surface area contributed by atoms with Gasteiger partial charge in [0.25, 0.3) is 0 Å². The molecule has 8 heteroatoms. The zero-order valence-corrected chi connectivity index (χ0v) is 14.1. The van der Waals surface area contributed by atoms with Crippen LogP contribution in [0.25, 0.3) is 5.82 Å². The van der Waals surface area contributed by atoms with Gasteiger partial charge in [-0.05, 0) is 18.6 Å². The van der Waals surface area contributed by atoms with Crippen LogP contribution in [0.4, 0.5) is 0 Å². The number of carbonyl (C=O) groups is 1. The van der Waals surface area contributed by atoms with E-state index in [1.807, 2.05) is 23.2 Å². The summed E-state index contributed by atoms with van der Waals surface area (Å²) in [6.07, 6.45) is 6.41. The molecule has 0 aromatic carbocycles. The number of likely N-dealkylation sites (tertiary alicyclic amines) is 1. The first-order chi connectivity index (χ1) is 11.8. The van der Waals surface area contributed by atoms with Crippen molar-refractivity contribution in [2.45, 2.75) is 31.8 Å². The highest BCUT2D eigenvalue weighted by atomic mass is 35.5. The predicted octanol–water partition coefficient (Wildman–Crippen LogP) is 2.05. The lowest BCUT2D eigenvalue weighted by atomic mass is 10.1. The minimum absolute atomic E-state index is 0.0620. The van der Waals surface area contributed by atoms with Crippen LogP contribution >= 0.6 is 11.6 Å². The molecule has 7 nitrogen and oxygen atoms in total. The van der Waals surface area contributed by atoms with E-state index in [1.165, 1.54) is 0 Å². The van der Waals surface area contributed by atoms with Crippen molar-refractivity contribution in [1.82, 2.24) is 24.9 Å². The molecule has 1 aliphatic heterocycles. The Hall–Kier alpha value is -2.15. The fraction of sp³-hybridized carbons (Fsp3) is 0.500. The highest BCUT2D eigenvalue weighted by Crippen LogP contribution is 2.18. The van der Waals surface area contributed by atoms with Gasteiger partial charge in [-0.15, -0.1) is 21.8 Å². The van der Waals surface area contributed by atoms with Gasteiger partial charge in [-0.3, -0.25) is 4.79 Å². The van der Waals surface area contributed by atoms with Crippen LogP contribution < -0.4 is 4.74 Å². The van der Waals surface area contributed by atoms with Crippen LogP contribution in [-0.2, 0) is 4.79 Å². The molecule has 1 fully saturated rings. The molecule has 3 rings (SSSR count). The van der Waals surface area contributed by atoms with E-state index in [4.69, 9.17) is 16.3 Å². The molecule has 1 aliphatic rings. The van der Waals surface area contributed by atoms with E-state index in [9.17, 15) is 4.79 Å². The van der Waals surface area contributed by atoms with Crippen LogP contribution in [-0.4, -0.2) is 55.9 Å². The lowest BCUT2D eigenvalue weighted by Gasteiger charge is -2.31. The van der Waals surface area contributed by atoms with Gasteiger partial charge in [-0.25, -0.2) is 4.68 Å². The normalized spacial score (nSPS) is 15.5. The van der Waals surface area contributed by atoms with Crippen molar-refractivity contribution in [3.8, 4) is 11.7 Å². The number of piperidine rings is 1. The molecule has 3 heterocycles. The minimum atomic E-state index is 0.0620. The zero-order chi connectivity index (χ0) is 16.8. The second-order valence-corrected chi connectivity index (χ2v) is 6.05. The van der Waals surface area contributed by atoms with Crippen LogP contribution in [0.15, 0.2) is 30.6 Å². The van der Waals surface area contributed by atoms with Gasteiger partial charge in [-0.2, -0.15) is 5.10 Å². The topological polar surface area (TPSA) is 73.1 Å². The average molecular weight is 350 g/mol. The SMILES string of the molecule is O=C(CCCCl)N1CCC(Oc2ccc(-n3cccn3)nn2)CC1. The fourth-order valence-electron chi connectivity index (χ4n) is 2.67. The number of amides is 1. The summed E-state index contributed by atoms with van der Waals surface area (Å²) in [5.74, 6) is 1.85. The van der Waals surface area contributed by atoms with Gasteiger partial charge in [0, 0.05) is 56.7 Å². The number of ether oxygens (including phenoxy) is 1. The molecule has 0 N–H and O–H groups in total. The molecule has 0 atom stereocenters. The molecule has 0 radical (unpaired) electrons. The first kappa shape index (κ1) is 16.7. The third-order valence-corrected chi connectivity index (χ3v) is 4.24. The van der Waals surface area contributed by atoms with E-state index < -0.39 is 0 Å². The van der Waals surface area contributed by atoms with Crippen LogP contribution in [0.3, 0.4) is 0 Å². The largest absolute Gasteiger partial charge is 0.473 e. The standard InChI is InChI=1S/C16H20ClN5O2/c17-8-1-3-16(23)21-11-6-13(7-12-21)24-15-5-4-14(19-20-15)22-10-2-9-18-22/h2,4-5,9-10,13H,1,3,6-8,11-12H2. The highest BCUT2D eigenvalue weighted by Gasteiger charge is 2.23. The summed E-state index contributed by atoms with van der Waals surface area (Å²) in [6, 6.07) is 5.44. The maximum Gasteiger partial charge on any atom is 0.233 e. The molecular weight excluding hydrogens is 330 g/mol. The second kappa shape index (κ2) is 8.10. The number of hydrogen-bond acceptors (Lipinski definition) is 5. The number of rotatable bonds is 6. The lowest BCUT2D eigenvalue weighted by Crippen LogP contribution is -2.41. The maximum atomic E-state index is 12.0. The monoisotopic (exact) mass is 349 g/mol. The van der Waals surface area contributed by atoms with Gasteiger partial charge in [0.15, 0.2) is 5.82 Å². The van der Waals surface area contributed by atoms with E-state index >= 15 is 0 Å². The fourth-order valence-corrected chi connectivity index (χ4v) is 2.81. The molecular formula is C16H20ClN5O2. The van der Waals surface area contributed by atoms with Crippen molar-refractivity contribution in [2.75, 3.05) is 19.0 Å². The minimum Gasteiger partial charge on any atom is -0.473 e.